The van der Waals surface area contributed by atoms with Crippen LogP contribution in [0.5, 0.6) is 0 Å². The Morgan fingerprint density at radius 1 is 1.03 bits per heavy atom. The van der Waals surface area contributed by atoms with Gasteiger partial charge in [-0.25, -0.2) is 9.97 Å². The maximum atomic E-state index is 13.6. The maximum absolute atomic E-state index is 13.6. The normalized spacial score (nSPS) is 11.3. The van der Waals surface area contributed by atoms with Gasteiger partial charge in [0.25, 0.3) is 5.91 Å². The molecule has 5 nitrogen and oxygen atoms in total. The number of carbonyl (C=O) groups excluding carboxylic acids is 1. The smallest absolute Gasteiger partial charge is 0.260 e. The molecule has 0 unspecified atom stereocenters. The molecule has 0 spiro atoms. The molecule has 0 radical (unpaired) electrons. The van der Waals surface area contributed by atoms with Crippen molar-refractivity contribution < 1.29 is 4.79 Å². The second kappa shape index (κ2) is 7.59. The lowest BCUT2D eigenvalue weighted by molar-refractivity contribution is 0.0985. The molecule has 2 aromatic carbocycles. The summed E-state index contributed by atoms with van der Waals surface area (Å²) in [6, 6.07) is 15.6. The first-order valence-corrected chi connectivity index (χ1v) is 11.2. The van der Waals surface area contributed by atoms with Crippen molar-refractivity contribution in [2.24, 2.45) is 0 Å². The maximum Gasteiger partial charge on any atom is 0.260 e. The number of benzene rings is 2. The fourth-order valence-corrected chi connectivity index (χ4v) is 5.35. The lowest BCUT2D eigenvalue weighted by Gasteiger charge is -2.19. The van der Waals surface area contributed by atoms with Crippen LogP contribution in [0.3, 0.4) is 0 Å². The molecule has 148 valence electrons. The number of hydrogen-bond donors (Lipinski definition) is 0. The summed E-state index contributed by atoms with van der Waals surface area (Å²) in [7, 11) is 0. The van der Waals surface area contributed by atoms with Gasteiger partial charge in [0.15, 0.2) is 5.13 Å². The average molecular weight is 431 g/mol. The lowest BCUT2D eigenvalue weighted by Crippen LogP contribution is -2.30. The number of aryl methyl sites for hydroxylation is 2. The van der Waals surface area contributed by atoms with Crippen molar-refractivity contribution >= 4 is 54.1 Å². The third-order valence-corrected chi connectivity index (χ3v) is 6.74. The van der Waals surface area contributed by atoms with Crippen LogP contribution in [0.2, 0.25) is 0 Å². The van der Waals surface area contributed by atoms with E-state index in [2.05, 4.69) is 35.9 Å². The van der Waals surface area contributed by atoms with Gasteiger partial charge in [0.1, 0.15) is 0 Å². The van der Waals surface area contributed by atoms with Gasteiger partial charge in [-0.1, -0.05) is 23.5 Å². The van der Waals surface area contributed by atoms with E-state index < -0.39 is 0 Å². The topological polar surface area (TPSA) is 59.0 Å². The van der Waals surface area contributed by atoms with Crippen molar-refractivity contribution in [1.29, 1.82) is 0 Å². The summed E-state index contributed by atoms with van der Waals surface area (Å²) in [6.45, 7) is 4.49. The fraction of sp³-hybridized carbons (Fsp3) is 0.130. The molecule has 0 N–H and O–H groups in total. The Bertz CT molecular complexity index is 1370. The molecule has 0 aliphatic rings. The molecule has 0 atom stereocenters. The summed E-state index contributed by atoms with van der Waals surface area (Å²) in [5.74, 6) is -0.0932. The SMILES string of the molecule is Cc1cc(C)c2nc(N(Cc3ccccn3)C(=O)c3ccc4ncsc4c3)sc2c1. The standard InChI is InChI=1S/C23H18N4OS2/c1-14-9-15(2)21-20(10-14)30-23(26-21)27(12-17-5-3-4-8-24-17)22(28)16-6-7-18-19(11-16)29-13-25-18/h3-11,13H,12H2,1-2H3. The molecule has 30 heavy (non-hydrogen) atoms. The van der Waals surface area contributed by atoms with Gasteiger partial charge < -0.3 is 0 Å². The first-order chi connectivity index (χ1) is 14.6. The second-order valence-electron chi connectivity index (χ2n) is 7.17. The number of fused-ring (bicyclic) bond motifs is 2. The Labute approximate surface area is 181 Å². The molecule has 7 heteroatoms. The number of nitrogens with zero attached hydrogens (tertiary/aromatic N) is 4. The van der Waals surface area contributed by atoms with E-state index in [0.29, 0.717) is 17.2 Å². The highest BCUT2D eigenvalue weighted by Gasteiger charge is 2.23. The molecule has 0 saturated carbocycles. The Hall–Kier alpha value is -3.16. The molecular weight excluding hydrogens is 412 g/mol. The predicted molar refractivity (Wildman–Crippen MR) is 123 cm³/mol. The number of aromatic nitrogens is 3. The Kier molecular flexibility index (Phi) is 4.77. The Morgan fingerprint density at radius 2 is 1.93 bits per heavy atom. The van der Waals surface area contributed by atoms with Crippen molar-refractivity contribution in [3.05, 3.63) is 82.6 Å². The molecule has 3 heterocycles. The minimum atomic E-state index is -0.0932. The molecule has 0 bridgehead atoms. The summed E-state index contributed by atoms with van der Waals surface area (Å²) in [6.07, 6.45) is 1.74. The van der Waals surface area contributed by atoms with Crippen molar-refractivity contribution in [3.63, 3.8) is 0 Å². The zero-order chi connectivity index (χ0) is 20.7. The average Bonchev–Trinajstić information content (AvgIpc) is 3.38. The molecule has 0 aliphatic carbocycles. The molecule has 1 amide bonds. The van der Waals surface area contributed by atoms with Gasteiger partial charge in [0.05, 0.1) is 38.2 Å². The van der Waals surface area contributed by atoms with Crippen LogP contribution in [0, 0.1) is 13.8 Å². The number of thiazole rings is 2. The fourth-order valence-electron chi connectivity index (χ4n) is 3.50. The van der Waals surface area contributed by atoms with Crippen LogP contribution in [0.4, 0.5) is 5.13 Å². The van der Waals surface area contributed by atoms with Gasteiger partial charge in [0, 0.05) is 11.8 Å². The number of amides is 1. The minimum Gasteiger partial charge on any atom is -0.278 e. The summed E-state index contributed by atoms with van der Waals surface area (Å²) in [5.41, 5.74) is 7.38. The van der Waals surface area contributed by atoms with Crippen LogP contribution >= 0.6 is 22.7 Å². The van der Waals surface area contributed by atoms with Crippen LogP contribution in [0.15, 0.2) is 60.2 Å². The number of hydrogen-bond acceptors (Lipinski definition) is 6. The van der Waals surface area contributed by atoms with Crippen LogP contribution in [0.25, 0.3) is 20.4 Å². The highest BCUT2D eigenvalue weighted by atomic mass is 32.1. The van der Waals surface area contributed by atoms with E-state index in [4.69, 9.17) is 4.98 Å². The molecule has 0 saturated heterocycles. The van der Waals surface area contributed by atoms with Gasteiger partial charge in [-0.05, 0) is 61.4 Å². The predicted octanol–water partition coefficient (Wildman–Crippen LogP) is 5.76. The van der Waals surface area contributed by atoms with Crippen LogP contribution < -0.4 is 4.90 Å². The van der Waals surface area contributed by atoms with E-state index >= 15 is 0 Å². The van der Waals surface area contributed by atoms with Crippen molar-refractivity contribution in [2.45, 2.75) is 20.4 Å². The van der Waals surface area contributed by atoms with Crippen molar-refractivity contribution in [3.8, 4) is 0 Å². The van der Waals surface area contributed by atoms with E-state index in [1.54, 1.807) is 16.6 Å². The molecule has 0 aliphatic heterocycles. The number of anilines is 1. The van der Waals surface area contributed by atoms with Crippen molar-refractivity contribution in [2.75, 3.05) is 4.90 Å². The van der Waals surface area contributed by atoms with Gasteiger partial charge in [-0.3, -0.25) is 14.7 Å². The first-order valence-electron chi connectivity index (χ1n) is 9.51. The second-order valence-corrected chi connectivity index (χ2v) is 9.07. The molecule has 3 aromatic heterocycles. The Balaban J connectivity index is 1.61. The summed E-state index contributed by atoms with van der Waals surface area (Å²) in [5, 5.41) is 0.679. The number of carbonyl (C=O) groups is 1. The van der Waals surface area contributed by atoms with E-state index in [1.807, 2.05) is 36.4 Å². The van der Waals surface area contributed by atoms with E-state index in [-0.39, 0.29) is 5.91 Å². The summed E-state index contributed by atoms with van der Waals surface area (Å²) >= 11 is 3.07. The van der Waals surface area contributed by atoms with Crippen LogP contribution in [-0.2, 0) is 6.54 Å². The summed E-state index contributed by atoms with van der Waals surface area (Å²) < 4.78 is 2.08. The molecule has 5 rings (SSSR count). The Morgan fingerprint density at radius 3 is 2.77 bits per heavy atom. The molecule has 5 aromatic rings. The number of pyridine rings is 1. The lowest BCUT2D eigenvalue weighted by atomic mass is 10.1. The first kappa shape index (κ1) is 18.8. The van der Waals surface area contributed by atoms with Gasteiger partial charge >= 0.3 is 0 Å². The zero-order valence-corrected chi connectivity index (χ0v) is 18.1. The largest absolute Gasteiger partial charge is 0.278 e. The van der Waals surface area contributed by atoms with Gasteiger partial charge in [-0.15, -0.1) is 11.3 Å². The summed E-state index contributed by atoms with van der Waals surface area (Å²) in [4.78, 5) is 28.9. The minimum absolute atomic E-state index is 0.0932. The molecule has 0 fully saturated rings. The van der Waals surface area contributed by atoms with E-state index in [0.717, 1.165) is 31.7 Å². The highest BCUT2D eigenvalue weighted by molar-refractivity contribution is 7.22. The quantitative estimate of drug-likeness (QED) is 0.363. The van der Waals surface area contributed by atoms with Gasteiger partial charge in [-0.2, -0.15) is 0 Å². The van der Waals surface area contributed by atoms with E-state index in [9.17, 15) is 4.79 Å². The van der Waals surface area contributed by atoms with Gasteiger partial charge in [0.2, 0.25) is 0 Å². The van der Waals surface area contributed by atoms with Crippen molar-refractivity contribution in [1.82, 2.24) is 15.0 Å². The van der Waals surface area contributed by atoms with Crippen LogP contribution in [0.1, 0.15) is 27.2 Å². The van der Waals surface area contributed by atoms with E-state index in [1.165, 1.54) is 28.2 Å². The zero-order valence-electron chi connectivity index (χ0n) is 16.5. The number of rotatable bonds is 4. The molecular formula is C23H18N4OS2. The third kappa shape index (κ3) is 3.46. The van der Waals surface area contributed by atoms with Crippen LogP contribution in [-0.4, -0.2) is 20.9 Å². The third-order valence-electron chi connectivity index (χ3n) is 4.92. The highest BCUT2D eigenvalue weighted by Crippen LogP contribution is 2.33. The monoisotopic (exact) mass is 430 g/mol.